The average Bonchev–Trinajstić information content (AvgIpc) is 2.79. The lowest BCUT2D eigenvalue weighted by Crippen LogP contribution is -2.04. The minimum Gasteiger partial charge on any atom is -0.349 e. The number of hydrogen-bond acceptors (Lipinski definition) is 1. The van der Waals surface area contributed by atoms with Gasteiger partial charge in [-0.1, -0.05) is 12.1 Å². The van der Waals surface area contributed by atoms with E-state index in [-0.39, 0.29) is 0 Å². The Morgan fingerprint density at radius 1 is 1.05 bits per heavy atom. The van der Waals surface area contributed by atoms with E-state index in [1.807, 2.05) is 29.9 Å². The summed E-state index contributed by atoms with van der Waals surface area (Å²) in [5, 5.41) is 0. The van der Waals surface area contributed by atoms with Gasteiger partial charge < -0.3 is 4.57 Å². The van der Waals surface area contributed by atoms with E-state index in [1.54, 1.807) is 12.3 Å². The summed E-state index contributed by atoms with van der Waals surface area (Å²) in [5.74, 6) is 0. The number of rotatable bonds is 1. The third-order valence-electron chi connectivity index (χ3n) is 3.26. The van der Waals surface area contributed by atoms with Crippen LogP contribution in [0.3, 0.4) is 0 Å². The first kappa shape index (κ1) is 12.7. The van der Waals surface area contributed by atoms with Crippen molar-refractivity contribution in [3.63, 3.8) is 0 Å². The maximum atomic E-state index is 12.7. The molecule has 0 aliphatic rings. The summed E-state index contributed by atoms with van der Waals surface area (Å²) in [6.07, 6.45) is -0.871. The molecule has 0 N–H and O–H groups in total. The summed E-state index contributed by atoms with van der Waals surface area (Å²) >= 11 is 0. The predicted molar refractivity (Wildman–Crippen MR) is 71.2 cm³/mol. The number of aryl methyl sites for hydroxylation is 1. The Kier molecular flexibility index (Phi) is 2.78. The SMILES string of the molecule is Cn1ccc2ncc(-c3cccc(C(F)(F)F)c3)cc21. The number of alkyl halides is 3. The van der Waals surface area contributed by atoms with Gasteiger partial charge in [0, 0.05) is 25.0 Å². The Morgan fingerprint density at radius 3 is 2.60 bits per heavy atom. The summed E-state index contributed by atoms with van der Waals surface area (Å²) in [7, 11) is 1.87. The normalized spacial score (nSPS) is 12.0. The van der Waals surface area contributed by atoms with E-state index < -0.39 is 11.7 Å². The molecule has 0 saturated carbocycles. The van der Waals surface area contributed by atoms with Crippen molar-refractivity contribution in [2.75, 3.05) is 0 Å². The van der Waals surface area contributed by atoms with Gasteiger partial charge in [0.1, 0.15) is 0 Å². The summed E-state index contributed by atoms with van der Waals surface area (Å²) in [6, 6.07) is 8.99. The second kappa shape index (κ2) is 4.37. The molecule has 2 heterocycles. The van der Waals surface area contributed by atoms with Crippen LogP contribution in [0, 0.1) is 0 Å². The second-order valence-corrected chi connectivity index (χ2v) is 4.63. The summed E-state index contributed by atoms with van der Waals surface area (Å²) < 4.78 is 40.1. The van der Waals surface area contributed by atoms with Gasteiger partial charge in [-0.15, -0.1) is 0 Å². The number of fused-ring (bicyclic) bond motifs is 1. The van der Waals surface area contributed by atoms with Gasteiger partial charge in [0.15, 0.2) is 0 Å². The third-order valence-corrected chi connectivity index (χ3v) is 3.26. The smallest absolute Gasteiger partial charge is 0.349 e. The molecule has 2 aromatic heterocycles. The Bertz CT molecular complexity index is 772. The van der Waals surface area contributed by atoms with E-state index in [9.17, 15) is 13.2 Å². The lowest BCUT2D eigenvalue weighted by molar-refractivity contribution is -0.137. The maximum absolute atomic E-state index is 12.7. The summed E-state index contributed by atoms with van der Waals surface area (Å²) in [5.41, 5.74) is 2.24. The van der Waals surface area contributed by atoms with Crippen molar-refractivity contribution in [1.82, 2.24) is 9.55 Å². The van der Waals surface area contributed by atoms with Gasteiger partial charge in [-0.25, -0.2) is 0 Å². The van der Waals surface area contributed by atoms with Crippen LogP contribution in [-0.2, 0) is 13.2 Å². The van der Waals surface area contributed by atoms with Gasteiger partial charge >= 0.3 is 6.18 Å². The van der Waals surface area contributed by atoms with E-state index in [0.717, 1.165) is 23.2 Å². The van der Waals surface area contributed by atoms with Gasteiger partial charge in [0.05, 0.1) is 16.6 Å². The molecule has 0 spiro atoms. The van der Waals surface area contributed by atoms with Crippen LogP contribution in [0.1, 0.15) is 5.56 Å². The lowest BCUT2D eigenvalue weighted by Gasteiger charge is -2.09. The molecule has 0 bridgehead atoms. The Labute approximate surface area is 113 Å². The number of benzene rings is 1. The van der Waals surface area contributed by atoms with Crippen LogP contribution >= 0.6 is 0 Å². The van der Waals surface area contributed by atoms with Gasteiger partial charge in [-0.2, -0.15) is 13.2 Å². The molecule has 2 nitrogen and oxygen atoms in total. The fourth-order valence-corrected chi connectivity index (χ4v) is 2.17. The minimum absolute atomic E-state index is 0.510. The molecule has 5 heteroatoms. The molecule has 3 aromatic rings. The van der Waals surface area contributed by atoms with Crippen LogP contribution in [-0.4, -0.2) is 9.55 Å². The minimum atomic E-state index is -4.33. The monoisotopic (exact) mass is 276 g/mol. The van der Waals surface area contributed by atoms with Crippen LogP contribution in [0.4, 0.5) is 13.2 Å². The zero-order chi connectivity index (χ0) is 14.3. The highest BCUT2D eigenvalue weighted by molar-refractivity contribution is 5.81. The molecule has 1 aromatic carbocycles. The molecule has 0 saturated heterocycles. The fourth-order valence-electron chi connectivity index (χ4n) is 2.17. The first-order chi connectivity index (χ1) is 9.45. The number of pyridine rings is 1. The van der Waals surface area contributed by atoms with Crippen molar-refractivity contribution < 1.29 is 13.2 Å². The molecule has 20 heavy (non-hydrogen) atoms. The molecule has 0 atom stereocenters. The molecule has 0 radical (unpaired) electrons. The number of aromatic nitrogens is 2. The van der Waals surface area contributed by atoms with Crippen LogP contribution in [0.25, 0.3) is 22.2 Å². The Morgan fingerprint density at radius 2 is 1.85 bits per heavy atom. The van der Waals surface area contributed by atoms with E-state index in [1.165, 1.54) is 6.07 Å². The highest BCUT2D eigenvalue weighted by Gasteiger charge is 2.30. The van der Waals surface area contributed by atoms with Crippen molar-refractivity contribution in [2.45, 2.75) is 6.18 Å². The fraction of sp³-hybridized carbons (Fsp3) is 0.133. The topological polar surface area (TPSA) is 17.8 Å². The summed E-state index contributed by atoms with van der Waals surface area (Å²) in [4.78, 5) is 4.27. The van der Waals surface area contributed by atoms with Crippen molar-refractivity contribution in [3.8, 4) is 11.1 Å². The maximum Gasteiger partial charge on any atom is 0.416 e. The lowest BCUT2D eigenvalue weighted by atomic mass is 10.0. The van der Waals surface area contributed by atoms with Crippen LogP contribution in [0.5, 0.6) is 0 Å². The average molecular weight is 276 g/mol. The molecular formula is C15H11F3N2. The van der Waals surface area contributed by atoms with Crippen molar-refractivity contribution >= 4 is 11.0 Å². The molecule has 0 unspecified atom stereocenters. The quantitative estimate of drug-likeness (QED) is 0.649. The van der Waals surface area contributed by atoms with Gasteiger partial charge in [0.25, 0.3) is 0 Å². The van der Waals surface area contributed by atoms with Crippen LogP contribution < -0.4 is 0 Å². The van der Waals surface area contributed by atoms with Crippen LogP contribution in [0.15, 0.2) is 48.8 Å². The Balaban J connectivity index is 2.13. The molecule has 102 valence electrons. The summed E-state index contributed by atoms with van der Waals surface area (Å²) in [6.45, 7) is 0. The molecule has 0 aliphatic heterocycles. The molecular weight excluding hydrogens is 265 g/mol. The zero-order valence-electron chi connectivity index (χ0n) is 10.6. The zero-order valence-corrected chi connectivity index (χ0v) is 10.6. The number of halogens is 3. The molecule has 0 aliphatic carbocycles. The highest BCUT2D eigenvalue weighted by atomic mass is 19.4. The first-order valence-electron chi connectivity index (χ1n) is 6.04. The second-order valence-electron chi connectivity index (χ2n) is 4.63. The van der Waals surface area contributed by atoms with E-state index in [0.29, 0.717) is 11.1 Å². The molecule has 3 rings (SSSR count). The van der Waals surface area contributed by atoms with E-state index >= 15 is 0 Å². The van der Waals surface area contributed by atoms with Crippen molar-refractivity contribution in [2.24, 2.45) is 7.05 Å². The van der Waals surface area contributed by atoms with Gasteiger partial charge in [-0.05, 0) is 29.8 Å². The standard InChI is InChI=1S/C15H11F3N2/c1-20-6-5-13-14(20)8-11(9-19-13)10-3-2-4-12(7-10)15(16,17)18/h2-9H,1H3. The van der Waals surface area contributed by atoms with E-state index in [4.69, 9.17) is 0 Å². The van der Waals surface area contributed by atoms with Gasteiger partial charge in [0.2, 0.25) is 0 Å². The number of nitrogens with zero attached hydrogens (tertiary/aromatic N) is 2. The third kappa shape index (κ3) is 2.15. The number of hydrogen-bond donors (Lipinski definition) is 0. The Hall–Kier alpha value is -2.30. The van der Waals surface area contributed by atoms with Crippen molar-refractivity contribution in [3.05, 3.63) is 54.4 Å². The predicted octanol–water partition coefficient (Wildman–Crippen LogP) is 4.26. The van der Waals surface area contributed by atoms with Crippen LogP contribution in [0.2, 0.25) is 0 Å². The molecule has 0 fully saturated rings. The van der Waals surface area contributed by atoms with Gasteiger partial charge in [-0.3, -0.25) is 4.98 Å². The highest BCUT2D eigenvalue weighted by Crippen LogP contribution is 2.32. The molecule has 0 amide bonds. The first-order valence-corrected chi connectivity index (χ1v) is 6.04. The van der Waals surface area contributed by atoms with Crippen molar-refractivity contribution in [1.29, 1.82) is 0 Å². The largest absolute Gasteiger partial charge is 0.416 e. The van der Waals surface area contributed by atoms with E-state index in [2.05, 4.69) is 4.98 Å².